The molecule has 0 aliphatic rings. The van der Waals surface area contributed by atoms with Crippen molar-refractivity contribution >= 4 is 11.6 Å². The normalized spacial score (nSPS) is 10.2. The second-order valence-electron chi connectivity index (χ2n) is 3.60. The van der Waals surface area contributed by atoms with Crippen LogP contribution in [0.1, 0.15) is 10.4 Å². The third kappa shape index (κ3) is 2.59. The van der Waals surface area contributed by atoms with Crippen LogP contribution in [0.5, 0.6) is 11.5 Å². The molecule has 0 fully saturated rings. The quantitative estimate of drug-likeness (QED) is 0.573. The Balaban J connectivity index is 2.28. The van der Waals surface area contributed by atoms with Crippen LogP contribution in [0.2, 0.25) is 0 Å². The van der Waals surface area contributed by atoms with Crippen molar-refractivity contribution in [3.8, 4) is 11.5 Å². The number of hydrogen-bond acceptors (Lipinski definition) is 4. The van der Waals surface area contributed by atoms with Crippen molar-refractivity contribution in [2.45, 2.75) is 0 Å². The van der Waals surface area contributed by atoms with E-state index in [1.807, 2.05) is 0 Å². The van der Waals surface area contributed by atoms with Crippen molar-refractivity contribution < 1.29 is 23.8 Å². The molecule has 1 aromatic carbocycles. The van der Waals surface area contributed by atoms with Crippen LogP contribution in [-0.2, 0) is 0 Å². The molecule has 0 bridgehead atoms. The van der Waals surface area contributed by atoms with Crippen LogP contribution in [0.15, 0.2) is 30.3 Å². The third-order valence-corrected chi connectivity index (χ3v) is 2.32. The van der Waals surface area contributed by atoms with Crippen LogP contribution in [0.4, 0.5) is 14.5 Å². The summed E-state index contributed by atoms with van der Waals surface area (Å²) < 4.78 is 25.8. The SMILES string of the molecule is O=C(Nc1ccc(F)nc1F)c1cccc(O)c1O. The fourth-order valence-corrected chi connectivity index (χ4v) is 1.41. The summed E-state index contributed by atoms with van der Waals surface area (Å²) in [4.78, 5) is 14.7. The number of phenolic OH excluding ortho intramolecular Hbond substituents is 2. The van der Waals surface area contributed by atoms with E-state index < -0.39 is 29.3 Å². The molecule has 1 heterocycles. The summed E-state index contributed by atoms with van der Waals surface area (Å²) in [5, 5.41) is 20.8. The first-order valence-electron chi connectivity index (χ1n) is 5.13. The number of halogens is 2. The van der Waals surface area contributed by atoms with E-state index in [1.54, 1.807) is 0 Å². The third-order valence-electron chi connectivity index (χ3n) is 2.32. The highest BCUT2D eigenvalue weighted by molar-refractivity contribution is 6.06. The molecule has 2 rings (SSSR count). The van der Waals surface area contributed by atoms with Crippen molar-refractivity contribution in [3.63, 3.8) is 0 Å². The Labute approximate surface area is 106 Å². The highest BCUT2D eigenvalue weighted by Gasteiger charge is 2.16. The van der Waals surface area contributed by atoms with Crippen molar-refractivity contribution in [2.75, 3.05) is 5.32 Å². The first-order chi connectivity index (χ1) is 8.99. The molecule has 1 amide bonds. The highest BCUT2D eigenvalue weighted by Crippen LogP contribution is 2.28. The Morgan fingerprint density at radius 2 is 1.89 bits per heavy atom. The second-order valence-corrected chi connectivity index (χ2v) is 3.60. The van der Waals surface area contributed by atoms with Gasteiger partial charge in [-0.3, -0.25) is 4.79 Å². The average molecular weight is 266 g/mol. The zero-order chi connectivity index (χ0) is 14.0. The van der Waals surface area contributed by atoms with Crippen molar-refractivity contribution in [1.29, 1.82) is 0 Å². The topological polar surface area (TPSA) is 82.5 Å². The molecule has 5 nitrogen and oxygen atoms in total. The Hall–Kier alpha value is -2.70. The maximum Gasteiger partial charge on any atom is 0.259 e. The summed E-state index contributed by atoms with van der Waals surface area (Å²) in [7, 11) is 0. The van der Waals surface area contributed by atoms with E-state index in [0.717, 1.165) is 12.1 Å². The van der Waals surface area contributed by atoms with Gasteiger partial charge in [0.05, 0.1) is 11.3 Å². The summed E-state index contributed by atoms with van der Waals surface area (Å²) in [6, 6.07) is 5.63. The van der Waals surface area contributed by atoms with Gasteiger partial charge in [-0.05, 0) is 24.3 Å². The van der Waals surface area contributed by atoms with Gasteiger partial charge in [-0.2, -0.15) is 13.8 Å². The number of pyridine rings is 1. The number of amides is 1. The molecule has 0 radical (unpaired) electrons. The van der Waals surface area contributed by atoms with E-state index in [2.05, 4.69) is 10.3 Å². The van der Waals surface area contributed by atoms with Gasteiger partial charge in [0, 0.05) is 0 Å². The number of hydrogen-bond donors (Lipinski definition) is 3. The van der Waals surface area contributed by atoms with Crippen LogP contribution < -0.4 is 5.32 Å². The number of nitrogens with one attached hydrogen (secondary N) is 1. The molecule has 0 atom stereocenters. The fraction of sp³-hybridized carbons (Fsp3) is 0. The van der Waals surface area contributed by atoms with Gasteiger partial charge >= 0.3 is 0 Å². The number of benzene rings is 1. The van der Waals surface area contributed by atoms with E-state index in [9.17, 15) is 23.8 Å². The van der Waals surface area contributed by atoms with Gasteiger partial charge in [0.15, 0.2) is 11.5 Å². The lowest BCUT2D eigenvalue weighted by molar-refractivity contribution is 0.102. The molecule has 0 aliphatic carbocycles. The van der Waals surface area contributed by atoms with E-state index >= 15 is 0 Å². The summed E-state index contributed by atoms with van der Waals surface area (Å²) in [6.07, 6.45) is 0. The number of rotatable bonds is 2. The summed E-state index contributed by atoms with van der Waals surface area (Å²) in [6.45, 7) is 0. The monoisotopic (exact) mass is 266 g/mol. The zero-order valence-corrected chi connectivity index (χ0v) is 9.39. The molecule has 7 heteroatoms. The second kappa shape index (κ2) is 4.89. The number of para-hydroxylation sites is 1. The Morgan fingerprint density at radius 1 is 1.16 bits per heavy atom. The summed E-state index contributed by atoms with van der Waals surface area (Å²) >= 11 is 0. The molecular weight excluding hydrogens is 258 g/mol. The predicted octanol–water partition coefficient (Wildman–Crippen LogP) is 2.02. The zero-order valence-electron chi connectivity index (χ0n) is 9.39. The number of carbonyl (C=O) groups excluding carboxylic acids is 1. The van der Waals surface area contributed by atoms with Crippen LogP contribution in [-0.4, -0.2) is 21.1 Å². The van der Waals surface area contributed by atoms with E-state index in [0.29, 0.717) is 0 Å². The minimum Gasteiger partial charge on any atom is -0.504 e. The van der Waals surface area contributed by atoms with E-state index in [-0.39, 0.29) is 11.3 Å². The molecule has 19 heavy (non-hydrogen) atoms. The van der Waals surface area contributed by atoms with Crippen LogP contribution >= 0.6 is 0 Å². The van der Waals surface area contributed by atoms with Crippen LogP contribution in [0.25, 0.3) is 0 Å². The molecule has 1 aromatic heterocycles. The minimum atomic E-state index is -1.19. The van der Waals surface area contributed by atoms with Gasteiger partial charge in [-0.25, -0.2) is 0 Å². The lowest BCUT2D eigenvalue weighted by Gasteiger charge is -2.07. The van der Waals surface area contributed by atoms with Gasteiger partial charge < -0.3 is 15.5 Å². The molecule has 3 N–H and O–H groups in total. The molecule has 0 unspecified atom stereocenters. The minimum absolute atomic E-state index is 0.247. The summed E-state index contributed by atoms with van der Waals surface area (Å²) in [5.74, 6) is -4.18. The molecule has 0 saturated heterocycles. The standard InChI is InChI=1S/C12H8F2N2O3/c13-9-5-4-7(11(14)16-9)15-12(19)6-2-1-3-8(17)10(6)18/h1-5,17-18H,(H,15,19). The van der Waals surface area contributed by atoms with Crippen molar-refractivity contribution in [3.05, 3.63) is 47.8 Å². The highest BCUT2D eigenvalue weighted by atomic mass is 19.1. The number of carbonyl (C=O) groups is 1. The Morgan fingerprint density at radius 3 is 2.58 bits per heavy atom. The summed E-state index contributed by atoms with van der Waals surface area (Å²) in [5.41, 5.74) is -0.585. The molecule has 98 valence electrons. The maximum atomic E-state index is 13.2. The van der Waals surface area contributed by atoms with Gasteiger partial charge in [0.2, 0.25) is 11.9 Å². The molecule has 0 spiro atoms. The van der Waals surface area contributed by atoms with Gasteiger partial charge in [-0.15, -0.1) is 0 Å². The predicted molar refractivity (Wildman–Crippen MR) is 61.9 cm³/mol. The van der Waals surface area contributed by atoms with Gasteiger partial charge in [0.25, 0.3) is 5.91 Å². The van der Waals surface area contributed by atoms with E-state index in [1.165, 1.54) is 18.2 Å². The number of aromatic hydroxyl groups is 2. The molecule has 0 aliphatic heterocycles. The number of aromatic nitrogens is 1. The Bertz CT molecular complexity index is 647. The van der Waals surface area contributed by atoms with Crippen LogP contribution in [0, 0.1) is 11.9 Å². The van der Waals surface area contributed by atoms with Gasteiger partial charge in [0.1, 0.15) is 0 Å². The lowest BCUT2D eigenvalue weighted by atomic mass is 10.1. The maximum absolute atomic E-state index is 13.2. The number of phenols is 2. The Kier molecular flexibility index (Phi) is 3.28. The smallest absolute Gasteiger partial charge is 0.259 e. The van der Waals surface area contributed by atoms with Crippen molar-refractivity contribution in [1.82, 2.24) is 4.98 Å². The van der Waals surface area contributed by atoms with E-state index in [4.69, 9.17) is 0 Å². The number of nitrogens with zero attached hydrogens (tertiary/aromatic N) is 1. The molecule has 0 saturated carbocycles. The first kappa shape index (κ1) is 12.7. The average Bonchev–Trinajstić information content (AvgIpc) is 2.36. The largest absolute Gasteiger partial charge is 0.504 e. The fourth-order valence-electron chi connectivity index (χ4n) is 1.41. The lowest BCUT2D eigenvalue weighted by Crippen LogP contribution is -2.14. The van der Waals surface area contributed by atoms with Gasteiger partial charge in [-0.1, -0.05) is 6.07 Å². The number of anilines is 1. The van der Waals surface area contributed by atoms with Crippen molar-refractivity contribution in [2.24, 2.45) is 0 Å². The molecular formula is C12H8F2N2O3. The first-order valence-corrected chi connectivity index (χ1v) is 5.13. The van der Waals surface area contributed by atoms with Crippen LogP contribution in [0.3, 0.4) is 0 Å². The molecule has 2 aromatic rings.